The van der Waals surface area contributed by atoms with E-state index >= 15 is 0 Å². The average Bonchev–Trinajstić information content (AvgIpc) is 3.13. The number of fused-ring (bicyclic) bond motifs is 1. The van der Waals surface area contributed by atoms with Crippen molar-refractivity contribution in [2.45, 2.75) is 64.1 Å². The van der Waals surface area contributed by atoms with Crippen molar-refractivity contribution in [3.8, 4) is 0 Å². The molecule has 1 fully saturated rings. The van der Waals surface area contributed by atoms with E-state index in [1.807, 2.05) is 6.92 Å². The lowest BCUT2D eigenvalue weighted by Gasteiger charge is -2.20. The van der Waals surface area contributed by atoms with Gasteiger partial charge in [-0.3, -0.25) is 4.79 Å². The molecule has 0 radical (unpaired) electrons. The lowest BCUT2D eigenvalue weighted by molar-refractivity contribution is -0.120. The van der Waals surface area contributed by atoms with Crippen LogP contribution in [-0.4, -0.2) is 27.5 Å². The minimum atomic E-state index is -0.272. The van der Waals surface area contributed by atoms with E-state index in [2.05, 4.69) is 14.9 Å². The minimum absolute atomic E-state index is 0.260. The number of carbonyl (C=O) groups excluding carboxylic acids is 1. The molecular formula is C14H22N4O. The summed E-state index contributed by atoms with van der Waals surface area (Å²) in [5, 5.41) is 3.34. The van der Waals surface area contributed by atoms with E-state index in [4.69, 9.17) is 5.73 Å². The molecule has 5 heteroatoms. The van der Waals surface area contributed by atoms with E-state index in [9.17, 15) is 4.79 Å². The number of hydrogen-bond acceptors (Lipinski definition) is 3. The Hall–Kier alpha value is -1.36. The summed E-state index contributed by atoms with van der Waals surface area (Å²) >= 11 is 0. The molecule has 1 aromatic rings. The maximum atomic E-state index is 11.6. The molecule has 1 atom stereocenters. The Morgan fingerprint density at radius 3 is 2.89 bits per heavy atom. The maximum Gasteiger partial charge on any atom is 0.236 e. The zero-order chi connectivity index (χ0) is 13.4. The second-order valence-electron chi connectivity index (χ2n) is 5.77. The van der Waals surface area contributed by atoms with Gasteiger partial charge in [-0.25, -0.2) is 4.98 Å². The van der Waals surface area contributed by atoms with Gasteiger partial charge in [0.15, 0.2) is 0 Å². The lowest BCUT2D eigenvalue weighted by atomic mass is 10.0. The summed E-state index contributed by atoms with van der Waals surface area (Å²) in [6, 6.07) is 0.212. The number of aromatic nitrogens is 2. The number of imidazole rings is 1. The van der Waals surface area contributed by atoms with Crippen LogP contribution >= 0.6 is 0 Å². The standard InChI is InChI=1S/C14H22N4O/c1-9-16-11-4-2-3-5-13(11)18(9)8-12(14(15)19)17-10-6-7-10/h10,12,17H,2-8H2,1H3,(H2,15,19). The first kappa shape index (κ1) is 12.7. The molecular weight excluding hydrogens is 240 g/mol. The van der Waals surface area contributed by atoms with Crippen molar-refractivity contribution in [3.63, 3.8) is 0 Å². The van der Waals surface area contributed by atoms with Crippen LogP contribution in [0.3, 0.4) is 0 Å². The van der Waals surface area contributed by atoms with Crippen LogP contribution in [0.1, 0.15) is 42.9 Å². The first-order valence-corrected chi connectivity index (χ1v) is 7.25. The highest BCUT2D eigenvalue weighted by Gasteiger charge is 2.29. The zero-order valence-corrected chi connectivity index (χ0v) is 11.5. The molecule has 3 N–H and O–H groups in total. The normalized spacial score (nSPS) is 20.1. The number of carbonyl (C=O) groups is 1. The molecule has 1 aromatic heterocycles. The molecule has 0 aliphatic heterocycles. The molecule has 1 saturated carbocycles. The maximum absolute atomic E-state index is 11.6. The van der Waals surface area contributed by atoms with Crippen LogP contribution in [-0.2, 0) is 24.2 Å². The Balaban J connectivity index is 1.80. The number of aryl methyl sites for hydroxylation is 2. The summed E-state index contributed by atoms with van der Waals surface area (Å²) < 4.78 is 2.19. The third kappa shape index (κ3) is 2.66. The van der Waals surface area contributed by atoms with E-state index < -0.39 is 0 Å². The molecule has 0 spiro atoms. The molecule has 0 bridgehead atoms. The highest BCUT2D eigenvalue weighted by atomic mass is 16.1. The first-order valence-electron chi connectivity index (χ1n) is 7.25. The van der Waals surface area contributed by atoms with Gasteiger partial charge in [0.25, 0.3) is 0 Å². The molecule has 3 rings (SSSR count). The Morgan fingerprint density at radius 1 is 1.47 bits per heavy atom. The Labute approximate surface area is 113 Å². The number of nitrogens with one attached hydrogen (secondary N) is 1. The smallest absolute Gasteiger partial charge is 0.236 e. The quantitative estimate of drug-likeness (QED) is 0.819. The van der Waals surface area contributed by atoms with Crippen LogP contribution in [0.15, 0.2) is 0 Å². The number of nitrogens with zero attached hydrogens (tertiary/aromatic N) is 2. The van der Waals surface area contributed by atoms with E-state index in [1.54, 1.807) is 0 Å². The molecule has 104 valence electrons. The molecule has 2 aliphatic carbocycles. The van der Waals surface area contributed by atoms with Gasteiger partial charge in [0.2, 0.25) is 5.91 Å². The van der Waals surface area contributed by atoms with Crippen LogP contribution in [0, 0.1) is 6.92 Å². The summed E-state index contributed by atoms with van der Waals surface area (Å²) in [6.45, 7) is 2.65. The zero-order valence-electron chi connectivity index (χ0n) is 11.5. The van der Waals surface area contributed by atoms with Gasteiger partial charge in [-0.1, -0.05) is 0 Å². The average molecular weight is 262 g/mol. The van der Waals surface area contributed by atoms with Crippen molar-refractivity contribution in [1.82, 2.24) is 14.9 Å². The number of nitrogens with two attached hydrogens (primary N) is 1. The van der Waals surface area contributed by atoms with Crippen molar-refractivity contribution in [2.24, 2.45) is 5.73 Å². The molecule has 0 aromatic carbocycles. The van der Waals surface area contributed by atoms with E-state index in [0.29, 0.717) is 12.6 Å². The molecule has 1 heterocycles. The highest BCUT2D eigenvalue weighted by Crippen LogP contribution is 2.23. The summed E-state index contributed by atoms with van der Waals surface area (Å²) in [4.78, 5) is 16.2. The largest absolute Gasteiger partial charge is 0.368 e. The Morgan fingerprint density at radius 2 is 2.21 bits per heavy atom. The predicted octanol–water partition coefficient (Wildman–Crippen LogP) is 0.676. The fourth-order valence-electron chi connectivity index (χ4n) is 2.92. The van der Waals surface area contributed by atoms with Gasteiger partial charge in [0.05, 0.1) is 5.69 Å². The van der Waals surface area contributed by atoms with Crippen LogP contribution < -0.4 is 11.1 Å². The summed E-state index contributed by atoms with van der Waals surface area (Å²) in [5.41, 5.74) is 8.05. The SMILES string of the molecule is Cc1nc2c(n1CC(NC1CC1)C(N)=O)CCCC2. The van der Waals surface area contributed by atoms with Crippen molar-refractivity contribution in [3.05, 3.63) is 17.2 Å². The summed E-state index contributed by atoms with van der Waals surface area (Å²) in [5.74, 6) is 0.750. The molecule has 5 nitrogen and oxygen atoms in total. The van der Waals surface area contributed by atoms with Gasteiger partial charge in [-0.2, -0.15) is 0 Å². The van der Waals surface area contributed by atoms with E-state index in [-0.39, 0.29) is 11.9 Å². The van der Waals surface area contributed by atoms with Gasteiger partial charge in [0.1, 0.15) is 11.9 Å². The number of primary amides is 1. The van der Waals surface area contributed by atoms with Crippen LogP contribution in [0.2, 0.25) is 0 Å². The molecule has 1 amide bonds. The lowest BCUT2D eigenvalue weighted by Crippen LogP contribution is -2.45. The Kier molecular flexibility index (Phi) is 3.31. The third-order valence-electron chi connectivity index (χ3n) is 4.15. The number of hydrogen-bond donors (Lipinski definition) is 2. The second-order valence-corrected chi connectivity index (χ2v) is 5.77. The van der Waals surface area contributed by atoms with Crippen LogP contribution in [0.25, 0.3) is 0 Å². The van der Waals surface area contributed by atoms with Crippen LogP contribution in [0.4, 0.5) is 0 Å². The highest BCUT2D eigenvalue weighted by molar-refractivity contribution is 5.79. The number of amides is 1. The predicted molar refractivity (Wildman–Crippen MR) is 72.7 cm³/mol. The Bertz CT molecular complexity index is 490. The molecule has 2 aliphatic rings. The van der Waals surface area contributed by atoms with Crippen molar-refractivity contribution < 1.29 is 4.79 Å². The molecule has 19 heavy (non-hydrogen) atoms. The third-order valence-corrected chi connectivity index (χ3v) is 4.15. The van der Waals surface area contributed by atoms with Gasteiger partial charge < -0.3 is 15.6 Å². The summed E-state index contributed by atoms with van der Waals surface area (Å²) in [7, 11) is 0. The first-order chi connectivity index (χ1) is 9.15. The van der Waals surface area contributed by atoms with Crippen molar-refractivity contribution >= 4 is 5.91 Å². The molecule has 0 saturated heterocycles. The van der Waals surface area contributed by atoms with Crippen LogP contribution in [0.5, 0.6) is 0 Å². The summed E-state index contributed by atoms with van der Waals surface area (Å²) in [6.07, 6.45) is 6.90. The van der Waals surface area contributed by atoms with Gasteiger partial charge in [-0.15, -0.1) is 0 Å². The molecule has 1 unspecified atom stereocenters. The van der Waals surface area contributed by atoms with Gasteiger partial charge in [-0.05, 0) is 45.4 Å². The number of rotatable bonds is 5. The van der Waals surface area contributed by atoms with Gasteiger partial charge in [0, 0.05) is 18.3 Å². The topological polar surface area (TPSA) is 72.9 Å². The van der Waals surface area contributed by atoms with Gasteiger partial charge >= 0.3 is 0 Å². The fourth-order valence-corrected chi connectivity index (χ4v) is 2.92. The van der Waals surface area contributed by atoms with Crippen molar-refractivity contribution in [1.29, 1.82) is 0 Å². The van der Waals surface area contributed by atoms with Crippen molar-refractivity contribution in [2.75, 3.05) is 0 Å². The monoisotopic (exact) mass is 262 g/mol. The fraction of sp³-hybridized carbons (Fsp3) is 0.714. The van der Waals surface area contributed by atoms with E-state index in [0.717, 1.165) is 31.5 Å². The van der Waals surface area contributed by atoms with E-state index in [1.165, 1.54) is 24.2 Å². The minimum Gasteiger partial charge on any atom is -0.368 e. The second kappa shape index (κ2) is 4.96.